The first kappa shape index (κ1) is 15.3. The summed E-state index contributed by atoms with van der Waals surface area (Å²) in [6, 6.07) is 13.5. The molecule has 112 valence electrons. The van der Waals surface area contributed by atoms with Crippen molar-refractivity contribution in [2.45, 2.75) is 0 Å². The lowest BCUT2D eigenvalue weighted by molar-refractivity contribution is 0.415. The number of hydrogen-bond donors (Lipinski definition) is 2. The summed E-state index contributed by atoms with van der Waals surface area (Å²) < 4.78 is 10.2. The molecule has 0 saturated carbocycles. The van der Waals surface area contributed by atoms with E-state index in [0.717, 1.165) is 30.2 Å². The first-order valence-corrected chi connectivity index (χ1v) is 7.06. The van der Waals surface area contributed by atoms with Crippen molar-refractivity contribution in [1.82, 2.24) is 0 Å². The highest BCUT2D eigenvalue weighted by molar-refractivity contribution is 6.32. The molecule has 0 radical (unpaired) electrons. The fraction of sp³-hybridized carbons (Fsp3) is 0.250. The Morgan fingerprint density at radius 1 is 0.857 bits per heavy atom. The maximum atomic E-state index is 6.07. The van der Waals surface area contributed by atoms with Crippen LogP contribution in [0.15, 0.2) is 42.5 Å². The van der Waals surface area contributed by atoms with Gasteiger partial charge < -0.3 is 20.1 Å². The zero-order chi connectivity index (χ0) is 15.1. The van der Waals surface area contributed by atoms with Crippen LogP contribution in [0.1, 0.15) is 0 Å². The number of nitrogens with one attached hydrogen (secondary N) is 2. The second-order valence-electron chi connectivity index (χ2n) is 4.43. The molecule has 0 fully saturated rings. The molecule has 0 bridgehead atoms. The van der Waals surface area contributed by atoms with Crippen LogP contribution in [0.25, 0.3) is 0 Å². The van der Waals surface area contributed by atoms with Gasteiger partial charge in [-0.25, -0.2) is 0 Å². The average molecular weight is 307 g/mol. The summed E-state index contributed by atoms with van der Waals surface area (Å²) in [7, 11) is 3.26. The smallest absolute Gasteiger partial charge is 0.137 e. The molecule has 0 aromatic heterocycles. The van der Waals surface area contributed by atoms with Crippen molar-refractivity contribution in [3.8, 4) is 11.5 Å². The number of rotatable bonds is 7. The van der Waals surface area contributed by atoms with Crippen LogP contribution in [-0.2, 0) is 0 Å². The molecular formula is C16H19ClN2O2. The first-order valence-electron chi connectivity index (χ1n) is 6.68. The van der Waals surface area contributed by atoms with E-state index in [4.69, 9.17) is 21.1 Å². The zero-order valence-corrected chi connectivity index (χ0v) is 12.9. The summed E-state index contributed by atoms with van der Waals surface area (Å²) in [5, 5.41) is 7.23. The lowest BCUT2D eigenvalue weighted by Crippen LogP contribution is -2.13. The molecule has 0 saturated heterocycles. The van der Waals surface area contributed by atoms with Crippen LogP contribution in [0.5, 0.6) is 11.5 Å². The highest BCUT2D eigenvalue weighted by Gasteiger charge is 2.01. The van der Waals surface area contributed by atoms with Gasteiger partial charge in [-0.15, -0.1) is 0 Å². The van der Waals surface area contributed by atoms with E-state index in [0.29, 0.717) is 10.8 Å². The number of anilines is 2. The molecule has 4 nitrogen and oxygen atoms in total. The van der Waals surface area contributed by atoms with Crippen molar-refractivity contribution in [2.24, 2.45) is 0 Å². The molecule has 5 heteroatoms. The summed E-state index contributed by atoms with van der Waals surface area (Å²) >= 11 is 6.07. The quantitative estimate of drug-likeness (QED) is 0.762. The van der Waals surface area contributed by atoms with Gasteiger partial charge in [-0.2, -0.15) is 0 Å². The van der Waals surface area contributed by atoms with Gasteiger partial charge in [0.1, 0.15) is 11.5 Å². The summed E-state index contributed by atoms with van der Waals surface area (Å²) in [5.41, 5.74) is 2.03. The van der Waals surface area contributed by atoms with Crippen LogP contribution < -0.4 is 20.1 Å². The van der Waals surface area contributed by atoms with Crippen LogP contribution >= 0.6 is 11.6 Å². The molecular weight excluding hydrogens is 288 g/mol. The molecule has 0 heterocycles. The van der Waals surface area contributed by atoms with E-state index < -0.39 is 0 Å². The second-order valence-corrected chi connectivity index (χ2v) is 4.84. The van der Waals surface area contributed by atoms with Gasteiger partial charge in [0, 0.05) is 24.5 Å². The highest BCUT2D eigenvalue weighted by atomic mass is 35.5. The Bertz CT molecular complexity index is 573. The second kappa shape index (κ2) is 7.64. The maximum absolute atomic E-state index is 6.07. The summed E-state index contributed by atoms with van der Waals surface area (Å²) in [6.07, 6.45) is 0. The van der Waals surface area contributed by atoms with E-state index in [1.54, 1.807) is 14.2 Å². The van der Waals surface area contributed by atoms with Crippen LogP contribution in [0.3, 0.4) is 0 Å². The number of ether oxygens (including phenoxy) is 2. The third kappa shape index (κ3) is 4.46. The number of hydrogen-bond acceptors (Lipinski definition) is 4. The molecule has 0 spiro atoms. The molecule has 2 N–H and O–H groups in total. The molecule has 0 aliphatic carbocycles. The minimum atomic E-state index is 0.602. The van der Waals surface area contributed by atoms with Gasteiger partial charge in [-0.3, -0.25) is 0 Å². The molecule has 2 rings (SSSR count). The van der Waals surface area contributed by atoms with Crippen molar-refractivity contribution >= 4 is 23.0 Å². The average Bonchev–Trinajstić information content (AvgIpc) is 2.52. The van der Waals surface area contributed by atoms with Gasteiger partial charge in [0.15, 0.2) is 0 Å². The van der Waals surface area contributed by atoms with Crippen molar-refractivity contribution in [2.75, 3.05) is 37.9 Å². The lowest BCUT2D eigenvalue weighted by atomic mass is 10.3. The SMILES string of the molecule is COc1ccc(NCCNc2ccc(OC)c(Cl)c2)cc1. The molecule has 0 amide bonds. The summed E-state index contributed by atoms with van der Waals surface area (Å²) in [6.45, 7) is 1.59. The molecule has 21 heavy (non-hydrogen) atoms. The van der Waals surface area contributed by atoms with Gasteiger partial charge in [-0.05, 0) is 42.5 Å². The third-order valence-corrected chi connectivity index (χ3v) is 3.32. The molecule has 2 aromatic carbocycles. The fourth-order valence-electron chi connectivity index (χ4n) is 1.90. The first-order chi connectivity index (χ1) is 10.2. The van der Waals surface area contributed by atoms with Crippen molar-refractivity contribution in [3.05, 3.63) is 47.5 Å². The van der Waals surface area contributed by atoms with Gasteiger partial charge in [0.25, 0.3) is 0 Å². The lowest BCUT2D eigenvalue weighted by Gasteiger charge is -2.10. The van der Waals surface area contributed by atoms with E-state index in [9.17, 15) is 0 Å². The Labute approximate surface area is 130 Å². The maximum Gasteiger partial charge on any atom is 0.137 e. The van der Waals surface area contributed by atoms with Crippen LogP contribution in [-0.4, -0.2) is 27.3 Å². The van der Waals surface area contributed by atoms with E-state index in [2.05, 4.69) is 10.6 Å². The van der Waals surface area contributed by atoms with Crippen molar-refractivity contribution < 1.29 is 9.47 Å². The normalized spacial score (nSPS) is 10.0. The minimum absolute atomic E-state index is 0.602. The standard InChI is InChI=1S/C16H19ClN2O2/c1-20-14-6-3-12(4-7-14)18-9-10-19-13-5-8-16(21-2)15(17)11-13/h3-8,11,18-19H,9-10H2,1-2H3. The number of halogens is 1. The van der Waals surface area contributed by atoms with Crippen LogP contribution in [0.2, 0.25) is 5.02 Å². The van der Waals surface area contributed by atoms with Crippen LogP contribution in [0.4, 0.5) is 11.4 Å². The number of methoxy groups -OCH3 is 2. The topological polar surface area (TPSA) is 42.5 Å². The Morgan fingerprint density at radius 3 is 2.05 bits per heavy atom. The van der Waals surface area contributed by atoms with Crippen molar-refractivity contribution in [3.63, 3.8) is 0 Å². The summed E-state index contributed by atoms with van der Waals surface area (Å²) in [5.74, 6) is 1.53. The molecule has 0 unspecified atom stereocenters. The van der Waals surface area contributed by atoms with Gasteiger partial charge >= 0.3 is 0 Å². The van der Waals surface area contributed by atoms with E-state index in [1.807, 2.05) is 42.5 Å². The third-order valence-electron chi connectivity index (χ3n) is 3.03. The monoisotopic (exact) mass is 306 g/mol. The minimum Gasteiger partial charge on any atom is -0.497 e. The molecule has 0 atom stereocenters. The van der Waals surface area contributed by atoms with Gasteiger partial charge in [0.05, 0.1) is 19.2 Å². The number of benzene rings is 2. The van der Waals surface area contributed by atoms with Gasteiger partial charge in [0.2, 0.25) is 0 Å². The molecule has 2 aromatic rings. The molecule has 0 aliphatic rings. The van der Waals surface area contributed by atoms with E-state index in [-0.39, 0.29) is 0 Å². The zero-order valence-electron chi connectivity index (χ0n) is 12.2. The largest absolute Gasteiger partial charge is 0.497 e. The Hall–Kier alpha value is -2.07. The predicted molar refractivity (Wildman–Crippen MR) is 88.0 cm³/mol. The summed E-state index contributed by atoms with van der Waals surface area (Å²) in [4.78, 5) is 0. The van der Waals surface area contributed by atoms with E-state index in [1.165, 1.54) is 0 Å². The Kier molecular flexibility index (Phi) is 5.58. The van der Waals surface area contributed by atoms with Crippen molar-refractivity contribution in [1.29, 1.82) is 0 Å². The fourth-order valence-corrected chi connectivity index (χ4v) is 2.16. The van der Waals surface area contributed by atoms with Crippen LogP contribution in [0, 0.1) is 0 Å². The van der Waals surface area contributed by atoms with E-state index >= 15 is 0 Å². The highest BCUT2D eigenvalue weighted by Crippen LogP contribution is 2.27. The Morgan fingerprint density at radius 2 is 1.48 bits per heavy atom. The predicted octanol–water partition coefficient (Wildman–Crippen LogP) is 3.88. The Balaban J connectivity index is 1.77. The molecule has 0 aliphatic heterocycles. The van der Waals surface area contributed by atoms with Gasteiger partial charge in [-0.1, -0.05) is 11.6 Å².